The molecule has 1 unspecified atom stereocenters. The summed E-state index contributed by atoms with van der Waals surface area (Å²) in [5, 5.41) is 3.13. The maximum absolute atomic E-state index is 13.2. The Labute approximate surface area is 179 Å². The summed E-state index contributed by atoms with van der Waals surface area (Å²) in [6, 6.07) is 25.0. The molecule has 5 aromatic rings. The van der Waals surface area contributed by atoms with Crippen LogP contribution < -0.4 is 5.32 Å². The largest absolute Gasteiger partial charge is 0.441 e. The van der Waals surface area contributed by atoms with Crippen LogP contribution in [-0.4, -0.2) is 20.9 Å². The summed E-state index contributed by atoms with van der Waals surface area (Å²) in [7, 11) is 0. The van der Waals surface area contributed by atoms with Crippen LogP contribution in [0.5, 0.6) is 0 Å². The number of rotatable bonds is 5. The van der Waals surface area contributed by atoms with Gasteiger partial charge in [0.15, 0.2) is 5.69 Å². The van der Waals surface area contributed by atoms with Crippen molar-refractivity contribution in [3.05, 3.63) is 108 Å². The van der Waals surface area contributed by atoms with E-state index in [-0.39, 0.29) is 17.6 Å². The predicted octanol–water partition coefficient (Wildman–Crippen LogP) is 5.05. The standard InChI is InChI=1S/C25H20N4O2/c1-16-22(29-25(31-16)18-10-6-3-7-11-18)24(30)28-23(17-8-4-2-5-9-17)19-12-13-20-21(14-19)27-15-26-20/h2-15,23H,1H3,(H,26,27)(H,28,30). The van der Waals surface area contributed by atoms with E-state index >= 15 is 0 Å². The summed E-state index contributed by atoms with van der Waals surface area (Å²) in [5.41, 5.74) is 4.81. The maximum atomic E-state index is 13.2. The normalized spacial score (nSPS) is 12.0. The molecule has 0 radical (unpaired) electrons. The molecule has 0 aliphatic heterocycles. The van der Waals surface area contributed by atoms with E-state index in [1.54, 1.807) is 13.3 Å². The SMILES string of the molecule is Cc1oc(-c2ccccc2)nc1C(=O)NC(c1ccccc1)c1ccc2nc[nH]c2c1. The molecule has 152 valence electrons. The van der Waals surface area contributed by atoms with Gasteiger partial charge < -0.3 is 14.7 Å². The molecule has 5 rings (SSSR count). The molecule has 2 aromatic heterocycles. The van der Waals surface area contributed by atoms with Gasteiger partial charge in [0.2, 0.25) is 5.89 Å². The smallest absolute Gasteiger partial charge is 0.274 e. The lowest BCUT2D eigenvalue weighted by Crippen LogP contribution is -2.30. The van der Waals surface area contributed by atoms with Crippen molar-refractivity contribution in [2.45, 2.75) is 13.0 Å². The first-order chi connectivity index (χ1) is 15.2. The Hall–Kier alpha value is -4.19. The molecule has 0 aliphatic carbocycles. The highest BCUT2D eigenvalue weighted by Gasteiger charge is 2.23. The van der Waals surface area contributed by atoms with Crippen LogP contribution in [0.15, 0.2) is 89.6 Å². The molecular weight excluding hydrogens is 388 g/mol. The molecule has 6 heteroatoms. The van der Waals surface area contributed by atoms with Gasteiger partial charge in [-0.3, -0.25) is 4.79 Å². The van der Waals surface area contributed by atoms with Gasteiger partial charge in [-0.05, 0) is 42.3 Å². The van der Waals surface area contributed by atoms with Crippen LogP contribution >= 0.6 is 0 Å². The van der Waals surface area contributed by atoms with Crippen molar-refractivity contribution in [3.63, 3.8) is 0 Å². The minimum Gasteiger partial charge on any atom is -0.441 e. The molecule has 2 heterocycles. The second kappa shape index (κ2) is 7.91. The number of aromatic nitrogens is 3. The van der Waals surface area contributed by atoms with E-state index in [0.717, 1.165) is 27.7 Å². The van der Waals surface area contributed by atoms with Gasteiger partial charge in [-0.2, -0.15) is 0 Å². The fourth-order valence-corrected chi connectivity index (χ4v) is 3.65. The van der Waals surface area contributed by atoms with Crippen LogP contribution in [0.25, 0.3) is 22.5 Å². The second-order valence-corrected chi connectivity index (χ2v) is 7.29. The van der Waals surface area contributed by atoms with Crippen LogP contribution in [0.1, 0.15) is 33.4 Å². The Morgan fingerprint density at radius 2 is 1.71 bits per heavy atom. The molecule has 31 heavy (non-hydrogen) atoms. The average molecular weight is 408 g/mol. The van der Waals surface area contributed by atoms with Crippen LogP contribution in [0.4, 0.5) is 0 Å². The number of hydrogen-bond acceptors (Lipinski definition) is 4. The number of hydrogen-bond donors (Lipinski definition) is 2. The monoisotopic (exact) mass is 408 g/mol. The van der Waals surface area contributed by atoms with E-state index in [1.165, 1.54) is 0 Å². The van der Waals surface area contributed by atoms with Gasteiger partial charge in [-0.1, -0.05) is 54.6 Å². The number of fused-ring (bicyclic) bond motifs is 1. The van der Waals surface area contributed by atoms with E-state index in [1.807, 2.05) is 78.9 Å². The molecule has 0 saturated heterocycles. The lowest BCUT2D eigenvalue weighted by atomic mass is 9.98. The summed E-state index contributed by atoms with van der Waals surface area (Å²) in [4.78, 5) is 25.1. The summed E-state index contributed by atoms with van der Waals surface area (Å²) >= 11 is 0. The van der Waals surface area contributed by atoms with Crippen molar-refractivity contribution in [1.82, 2.24) is 20.3 Å². The zero-order valence-electron chi connectivity index (χ0n) is 16.9. The Morgan fingerprint density at radius 1 is 0.968 bits per heavy atom. The molecule has 6 nitrogen and oxygen atoms in total. The number of carbonyl (C=O) groups is 1. The van der Waals surface area contributed by atoms with Gasteiger partial charge in [0, 0.05) is 5.56 Å². The predicted molar refractivity (Wildman–Crippen MR) is 119 cm³/mol. The highest BCUT2D eigenvalue weighted by molar-refractivity contribution is 5.94. The van der Waals surface area contributed by atoms with Crippen molar-refractivity contribution in [2.75, 3.05) is 0 Å². The lowest BCUT2D eigenvalue weighted by molar-refractivity contribution is 0.0937. The molecular formula is C25H20N4O2. The Morgan fingerprint density at radius 3 is 2.48 bits per heavy atom. The minimum atomic E-state index is -0.349. The fourth-order valence-electron chi connectivity index (χ4n) is 3.65. The van der Waals surface area contributed by atoms with Crippen LogP contribution in [0.2, 0.25) is 0 Å². The summed E-state index contributed by atoms with van der Waals surface area (Å²) in [6.07, 6.45) is 1.66. The molecule has 0 aliphatic rings. The number of aryl methyl sites for hydroxylation is 1. The van der Waals surface area contributed by atoms with E-state index in [9.17, 15) is 4.79 Å². The highest BCUT2D eigenvalue weighted by Crippen LogP contribution is 2.26. The van der Waals surface area contributed by atoms with Gasteiger partial charge in [-0.15, -0.1) is 0 Å². The van der Waals surface area contributed by atoms with Crippen molar-refractivity contribution in [2.24, 2.45) is 0 Å². The summed E-state index contributed by atoms with van der Waals surface area (Å²) in [5.74, 6) is 0.618. The van der Waals surface area contributed by atoms with Crippen LogP contribution in [0, 0.1) is 6.92 Å². The fraction of sp³-hybridized carbons (Fsp3) is 0.0800. The summed E-state index contributed by atoms with van der Waals surface area (Å²) in [6.45, 7) is 1.75. The van der Waals surface area contributed by atoms with E-state index in [2.05, 4.69) is 20.3 Å². The number of amides is 1. The third kappa shape index (κ3) is 3.71. The Bertz CT molecular complexity index is 1340. The van der Waals surface area contributed by atoms with Gasteiger partial charge >= 0.3 is 0 Å². The van der Waals surface area contributed by atoms with Crippen molar-refractivity contribution in [1.29, 1.82) is 0 Å². The van der Waals surface area contributed by atoms with Crippen molar-refractivity contribution >= 4 is 16.9 Å². The molecule has 0 fully saturated rings. The van der Waals surface area contributed by atoms with Crippen molar-refractivity contribution in [3.8, 4) is 11.5 Å². The van der Waals surface area contributed by atoms with Crippen molar-refractivity contribution < 1.29 is 9.21 Å². The lowest BCUT2D eigenvalue weighted by Gasteiger charge is -2.19. The zero-order valence-corrected chi connectivity index (χ0v) is 16.9. The topological polar surface area (TPSA) is 83.8 Å². The first-order valence-corrected chi connectivity index (χ1v) is 10.0. The summed E-state index contributed by atoms with van der Waals surface area (Å²) < 4.78 is 5.78. The maximum Gasteiger partial charge on any atom is 0.274 e. The van der Waals surface area contributed by atoms with E-state index < -0.39 is 0 Å². The molecule has 1 amide bonds. The number of nitrogens with one attached hydrogen (secondary N) is 2. The molecule has 0 bridgehead atoms. The number of nitrogens with zero attached hydrogens (tertiary/aromatic N) is 2. The van der Waals surface area contributed by atoms with Gasteiger partial charge in [0.25, 0.3) is 5.91 Å². The Balaban J connectivity index is 1.50. The zero-order chi connectivity index (χ0) is 21.2. The van der Waals surface area contributed by atoms with E-state index in [0.29, 0.717) is 11.7 Å². The number of oxazole rings is 1. The first-order valence-electron chi connectivity index (χ1n) is 10.0. The van der Waals surface area contributed by atoms with Crippen LogP contribution in [0.3, 0.4) is 0 Å². The quantitative estimate of drug-likeness (QED) is 0.426. The average Bonchev–Trinajstić information content (AvgIpc) is 3.44. The number of benzene rings is 3. The first kappa shape index (κ1) is 18.8. The number of carbonyl (C=O) groups excluding carboxylic acids is 1. The molecule has 1 atom stereocenters. The number of imidazole rings is 1. The second-order valence-electron chi connectivity index (χ2n) is 7.29. The molecule has 2 N–H and O–H groups in total. The number of aromatic amines is 1. The van der Waals surface area contributed by atoms with Crippen LogP contribution in [-0.2, 0) is 0 Å². The third-order valence-electron chi connectivity index (χ3n) is 5.22. The molecule has 3 aromatic carbocycles. The minimum absolute atomic E-state index is 0.280. The third-order valence-corrected chi connectivity index (χ3v) is 5.22. The highest BCUT2D eigenvalue weighted by atomic mass is 16.4. The Kier molecular flexibility index (Phi) is 4.80. The van der Waals surface area contributed by atoms with Gasteiger partial charge in [0.05, 0.1) is 23.4 Å². The van der Waals surface area contributed by atoms with E-state index in [4.69, 9.17) is 4.42 Å². The molecule has 0 saturated carbocycles. The molecule has 0 spiro atoms. The van der Waals surface area contributed by atoms with Gasteiger partial charge in [0.1, 0.15) is 5.76 Å². The van der Waals surface area contributed by atoms with Gasteiger partial charge in [-0.25, -0.2) is 9.97 Å². The number of H-pyrrole nitrogens is 1.